The van der Waals surface area contributed by atoms with E-state index in [4.69, 9.17) is 15.7 Å². The van der Waals surface area contributed by atoms with Crippen molar-refractivity contribution in [2.75, 3.05) is 19.8 Å². The van der Waals surface area contributed by atoms with E-state index in [1.165, 1.54) is 12.1 Å². The van der Waals surface area contributed by atoms with Gasteiger partial charge in [-0.2, -0.15) is 5.26 Å². The van der Waals surface area contributed by atoms with E-state index in [1.54, 1.807) is 6.07 Å². The minimum atomic E-state index is -0.509. The van der Waals surface area contributed by atoms with E-state index in [0.29, 0.717) is 25.3 Å². The number of benzene rings is 1. The Balaban J connectivity index is 2.20. The van der Waals surface area contributed by atoms with Gasteiger partial charge >= 0.3 is 0 Å². The number of ether oxygens (including phenoxy) is 1. The fourth-order valence-electron chi connectivity index (χ4n) is 2.10. The Hall–Kier alpha value is -1.97. The van der Waals surface area contributed by atoms with Crippen molar-refractivity contribution >= 4 is 5.91 Å². The minimum absolute atomic E-state index is 0.248. The molecule has 0 bridgehead atoms. The molecule has 2 rings (SSSR count). The summed E-state index contributed by atoms with van der Waals surface area (Å²) in [7, 11) is 0. The van der Waals surface area contributed by atoms with E-state index >= 15 is 0 Å². The highest BCUT2D eigenvalue weighted by Crippen LogP contribution is 2.16. The molecule has 2 N–H and O–H groups in total. The summed E-state index contributed by atoms with van der Waals surface area (Å²) in [5.74, 6) is -0.908. The molecule has 1 heterocycles. The van der Waals surface area contributed by atoms with Crippen LogP contribution < -0.4 is 5.73 Å². The number of halogens is 1. The molecule has 1 saturated heterocycles. The third-order valence-electron chi connectivity index (χ3n) is 3.13. The van der Waals surface area contributed by atoms with Crippen LogP contribution in [0.4, 0.5) is 4.39 Å². The number of amides is 1. The summed E-state index contributed by atoms with van der Waals surface area (Å²) in [4.78, 5) is 13.2. The lowest BCUT2D eigenvalue weighted by Crippen LogP contribution is -2.51. The van der Waals surface area contributed by atoms with E-state index < -0.39 is 17.8 Å². The van der Waals surface area contributed by atoms with Crippen molar-refractivity contribution in [3.63, 3.8) is 0 Å². The average molecular weight is 263 g/mol. The molecule has 5 nitrogen and oxygen atoms in total. The first-order valence-electron chi connectivity index (χ1n) is 5.91. The second-order valence-corrected chi connectivity index (χ2v) is 4.38. The van der Waals surface area contributed by atoms with Crippen LogP contribution >= 0.6 is 0 Å². The topological polar surface area (TPSA) is 79.3 Å². The third-order valence-corrected chi connectivity index (χ3v) is 3.13. The van der Waals surface area contributed by atoms with Crippen LogP contribution in [0.15, 0.2) is 18.2 Å². The zero-order valence-corrected chi connectivity index (χ0v) is 10.3. The van der Waals surface area contributed by atoms with Gasteiger partial charge in [0.25, 0.3) is 0 Å². The van der Waals surface area contributed by atoms with Crippen molar-refractivity contribution in [2.45, 2.75) is 12.6 Å². The first-order valence-corrected chi connectivity index (χ1v) is 5.91. The van der Waals surface area contributed by atoms with Crippen LogP contribution in [0.1, 0.15) is 11.1 Å². The van der Waals surface area contributed by atoms with Gasteiger partial charge < -0.3 is 10.5 Å². The van der Waals surface area contributed by atoms with E-state index in [-0.39, 0.29) is 12.2 Å². The summed E-state index contributed by atoms with van der Waals surface area (Å²) in [5, 5.41) is 9.00. The van der Waals surface area contributed by atoms with Crippen molar-refractivity contribution in [1.82, 2.24) is 4.90 Å². The molecule has 1 fully saturated rings. The van der Waals surface area contributed by atoms with Gasteiger partial charge in [-0.15, -0.1) is 0 Å². The van der Waals surface area contributed by atoms with Gasteiger partial charge in [0, 0.05) is 13.1 Å². The lowest BCUT2D eigenvalue weighted by molar-refractivity contribution is -0.129. The highest BCUT2D eigenvalue weighted by Gasteiger charge is 2.28. The maximum absolute atomic E-state index is 13.1. The number of primary amides is 1. The Kier molecular flexibility index (Phi) is 4.10. The molecular weight excluding hydrogens is 249 g/mol. The van der Waals surface area contributed by atoms with Crippen molar-refractivity contribution in [2.24, 2.45) is 5.73 Å². The predicted octanol–water partition coefficient (Wildman–Crippen LogP) is 0.383. The molecular formula is C13H14FN3O2. The first-order chi connectivity index (χ1) is 9.11. The molecule has 1 aromatic rings. The number of hydrogen-bond donors (Lipinski definition) is 1. The number of hydrogen-bond acceptors (Lipinski definition) is 4. The second kappa shape index (κ2) is 5.78. The zero-order chi connectivity index (χ0) is 13.8. The summed E-state index contributed by atoms with van der Waals surface area (Å²) >= 11 is 0. The molecule has 1 aromatic carbocycles. The first kappa shape index (κ1) is 13.5. The van der Waals surface area contributed by atoms with Gasteiger partial charge in [0.1, 0.15) is 11.9 Å². The number of nitrogens with two attached hydrogens (primary N) is 1. The molecule has 1 aliphatic heterocycles. The van der Waals surface area contributed by atoms with Crippen molar-refractivity contribution in [1.29, 1.82) is 5.26 Å². The van der Waals surface area contributed by atoms with E-state index in [1.807, 2.05) is 11.0 Å². The highest BCUT2D eigenvalue weighted by atomic mass is 19.1. The lowest BCUT2D eigenvalue weighted by atomic mass is 10.1. The van der Waals surface area contributed by atoms with E-state index in [0.717, 1.165) is 0 Å². The highest BCUT2D eigenvalue weighted by molar-refractivity contribution is 5.80. The number of carbonyl (C=O) groups is 1. The molecule has 0 spiro atoms. The molecule has 1 aliphatic rings. The van der Waals surface area contributed by atoms with Crippen LogP contribution in [0, 0.1) is 17.1 Å². The lowest BCUT2D eigenvalue weighted by Gasteiger charge is -2.33. The smallest absolute Gasteiger partial charge is 0.237 e. The third kappa shape index (κ3) is 3.08. The Morgan fingerprint density at radius 3 is 3.11 bits per heavy atom. The molecule has 1 amide bonds. The van der Waals surface area contributed by atoms with E-state index in [2.05, 4.69) is 0 Å². The number of carbonyl (C=O) groups excluding carboxylic acids is 1. The maximum atomic E-state index is 13.1. The van der Waals surface area contributed by atoms with Crippen LogP contribution in [0.25, 0.3) is 0 Å². The summed E-state index contributed by atoms with van der Waals surface area (Å²) < 4.78 is 18.3. The van der Waals surface area contributed by atoms with Gasteiger partial charge in [-0.3, -0.25) is 9.69 Å². The van der Waals surface area contributed by atoms with Crippen LogP contribution in [0.5, 0.6) is 0 Å². The SMILES string of the molecule is N#Cc1cc(F)ccc1CN1CCOCC1C(N)=O. The van der Waals surface area contributed by atoms with Gasteiger partial charge in [-0.25, -0.2) is 4.39 Å². The van der Waals surface area contributed by atoms with Crippen molar-refractivity contribution in [3.05, 3.63) is 35.1 Å². The summed E-state index contributed by atoms with van der Waals surface area (Å²) in [6.45, 7) is 1.68. The standard InChI is InChI=1S/C13H14FN3O2/c14-11-2-1-9(10(5-11)6-15)7-17-3-4-19-8-12(17)13(16)18/h1-2,5,12H,3-4,7-8H2,(H2,16,18). The number of rotatable bonds is 3. The van der Waals surface area contributed by atoms with Gasteiger partial charge in [-0.05, 0) is 17.7 Å². The Morgan fingerprint density at radius 2 is 2.42 bits per heavy atom. The molecule has 19 heavy (non-hydrogen) atoms. The van der Waals surface area contributed by atoms with Gasteiger partial charge in [0.2, 0.25) is 5.91 Å². The molecule has 100 valence electrons. The monoisotopic (exact) mass is 263 g/mol. The summed E-state index contributed by atoms with van der Waals surface area (Å²) in [6, 6.07) is 5.49. The number of nitriles is 1. The van der Waals surface area contributed by atoms with Crippen LogP contribution in [-0.4, -0.2) is 36.6 Å². The van der Waals surface area contributed by atoms with Gasteiger partial charge in [0.05, 0.1) is 24.8 Å². The molecule has 0 saturated carbocycles. The Labute approximate surface area is 110 Å². The Bertz CT molecular complexity index is 527. The second-order valence-electron chi connectivity index (χ2n) is 4.38. The molecule has 1 unspecified atom stereocenters. The minimum Gasteiger partial charge on any atom is -0.378 e. The molecule has 0 aliphatic carbocycles. The fraction of sp³-hybridized carbons (Fsp3) is 0.385. The van der Waals surface area contributed by atoms with Crippen LogP contribution in [0.3, 0.4) is 0 Å². The molecule has 1 atom stereocenters. The quantitative estimate of drug-likeness (QED) is 0.855. The van der Waals surface area contributed by atoms with E-state index in [9.17, 15) is 9.18 Å². The van der Waals surface area contributed by atoms with Crippen LogP contribution in [-0.2, 0) is 16.1 Å². The normalized spacial score (nSPS) is 19.9. The van der Waals surface area contributed by atoms with Gasteiger partial charge in [-0.1, -0.05) is 6.07 Å². The largest absolute Gasteiger partial charge is 0.378 e. The zero-order valence-electron chi connectivity index (χ0n) is 10.3. The Morgan fingerprint density at radius 1 is 1.63 bits per heavy atom. The average Bonchev–Trinajstić information content (AvgIpc) is 2.41. The molecule has 6 heteroatoms. The van der Waals surface area contributed by atoms with Crippen molar-refractivity contribution in [3.8, 4) is 6.07 Å². The van der Waals surface area contributed by atoms with Crippen LogP contribution in [0.2, 0.25) is 0 Å². The number of morpholine rings is 1. The summed E-state index contributed by atoms with van der Waals surface area (Å²) in [5.41, 5.74) is 6.27. The predicted molar refractivity (Wildman–Crippen MR) is 65.3 cm³/mol. The van der Waals surface area contributed by atoms with Crippen molar-refractivity contribution < 1.29 is 13.9 Å². The fourth-order valence-corrected chi connectivity index (χ4v) is 2.10. The molecule has 0 radical (unpaired) electrons. The summed E-state index contributed by atoms with van der Waals surface area (Å²) in [6.07, 6.45) is 0. The van der Waals surface area contributed by atoms with Gasteiger partial charge in [0.15, 0.2) is 0 Å². The maximum Gasteiger partial charge on any atom is 0.237 e. The molecule has 0 aromatic heterocycles. The number of nitrogens with zero attached hydrogens (tertiary/aromatic N) is 2.